The summed E-state index contributed by atoms with van der Waals surface area (Å²) < 4.78 is 0. The van der Waals surface area contributed by atoms with Crippen molar-refractivity contribution in [1.82, 2.24) is 10.2 Å². The van der Waals surface area contributed by atoms with Gasteiger partial charge in [0.15, 0.2) is 0 Å². The van der Waals surface area contributed by atoms with E-state index in [2.05, 4.69) is 21.6 Å². The maximum Gasteiger partial charge on any atom is 0.255 e. The number of carbonyl (C=O) groups excluding carboxylic acids is 1. The normalized spacial score (nSPS) is 10.8. The number of H-pyrrole nitrogens is 1. The number of benzene rings is 2. The van der Waals surface area contributed by atoms with Gasteiger partial charge >= 0.3 is 0 Å². The first-order valence-corrected chi connectivity index (χ1v) is 8.51. The first-order valence-electron chi connectivity index (χ1n) is 7.76. The number of aromatic nitrogens is 2. The van der Waals surface area contributed by atoms with E-state index in [1.807, 2.05) is 32.9 Å². The molecule has 0 aliphatic rings. The number of aryl methyl sites for hydroxylation is 3. The van der Waals surface area contributed by atoms with Crippen LogP contribution < -0.4 is 5.32 Å². The number of hydrogen-bond donors (Lipinski definition) is 2. The molecule has 0 saturated heterocycles. The van der Waals surface area contributed by atoms with Gasteiger partial charge in [0, 0.05) is 11.1 Å². The smallest absolute Gasteiger partial charge is 0.255 e. The fraction of sp³-hybridized carbons (Fsp3) is 0.158. The second-order valence-corrected chi connectivity index (χ2v) is 6.79. The molecule has 3 rings (SSSR count). The maximum absolute atomic E-state index is 12.6. The van der Waals surface area contributed by atoms with Crippen LogP contribution >= 0.6 is 23.2 Å². The maximum atomic E-state index is 12.6. The van der Waals surface area contributed by atoms with Gasteiger partial charge in [0.1, 0.15) is 5.69 Å². The number of rotatable bonds is 3. The highest BCUT2D eigenvalue weighted by atomic mass is 35.5. The summed E-state index contributed by atoms with van der Waals surface area (Å²) in [6.07, 6.45) is 0. The fourth-order valence-electron chi connectivity index (χ4n) is 2.68. The quantitative estimate of drug-likeness (QED) is 0.631. The number of anilines is 1. The molecule has 128 valence electrons. The third kappa shape index (κ3) is 3.55. The summed E-state index contributed by atoms with van der Waals surface area (Å²) in [5.74, 6) is -0.269. The Hall–Kier alpha value is -2.30. The number of amides is 1. The van der Waals surface area contributed by atoms with E-state index in [1.165, 1.54) is 5.56 Å². The van der Waals surface area contributed by atoms with Crippen molar-refractivity contribution < 1.29 is 4.79 Å². The molecule has 0 bridgehead atoms. The Balaban J connectivity index is 1.97. The summed E-state index contributed by atoms with van der Waals surface area (Å²) in [6, 6.07) is 10.9. The minimum absolute atomic E-state index is 0.269. The van der Waals surface area contributed by atoms with Crippen molar-refractivity contribution in [3.8, 4) is 11.3 Å². The highest BCUT2D eigenvalue weighted by Gasteiger charge is 2.18. The average molecular weight is 374 g/mol. The van der Waals surface area contributed by atoms with Gasteiger partial charge in [-0.1, -0.05) is 47.0 Å². The Morgan fingerprint density at radius 2 is 1.80 bits per heavy atom. The Morgan fingerprint density at radius 1 is 1.04 bits per heavy atom. The largest absolute Gasteiger partial charge is 0.319 e. The summed E-state index contributed by atoms with van der Waals surface area (Å²) in [5.41, 5.74) is 5.82. The molecule has 6 heteroatoms. The predicted octanol–water partition coefficient (Wildman–Crippen LogP) is 5.56. The molecule has 4 nitrogen and oxygen atoms in total. The summed E-state index contributed by atoms with van der Waals surface area (Å²) in [5, 5.41) is 11.0. The second-order valence-electron chi connectivity index (χ2n) is 5.97. The monoisotopic (exact) mass is 373 g/mol. The van der Waals surface area contributed by atoms with E-state index in [1.54, 1.807) is 18.2 Å². The molecule has 0 aliphatic carbocycles. The van der Waals surface area contributed by atoms with Crippen LogP contribution in [0, 0.1) is 20.8 Å². The lowest BCUT2D eigenvalue weighted by atomic mass is 10.0. The Bertz CT molecular complexity index is 963. The zero-order valence-corrected chi connectivity index (χ0v) is 15.6. The van der Waals surface area contributed by atoms with Crippen molar-refractivity contribution in [1.29, 1.82) is 0 Å². The molecule has 1 heterocycles. The Morgan fingerprint density at radius 3 is 2.48 bits per heavy atom. The van der Waals surface area contributed by atoms with E-state index < -0.39 is 0 Å². The minimum Gasteiger partial charge on any atom is -0.319 e. The van der Waals surface area contributed by atoms with Crippen LogP contribution in [0.5, 0.6) is 0 Å². The molecule has 0 saturated carbocycles. The van der Waals surface area contributed by atoms with Crippen LogP contribution in [0.25, 0.3) is 11.3 Å². The van der Waals surface area contributed by atoms with Gasteiger partial charge in [-0.3, -0.25) is 9.89 Å². The van der Waals surface area contributed by atoms with Crippen molar-refractivity contribution in [2.24, 2.45) is 0 Å². The average Bonchev–Trinajstić information content (AvgIpc) is 2.91. The van der Waals surface area contributed by atoms with Gasteiger partial charge in [-0.25, -0.2) is 0 Å². The van der Waals surface area contributed by atoms with Crippen molar-refractivity contribution in [3.05, 3.63) is 68.8 Å². The van der Waals surface area contributed by atoms with Crippen molar-refractivity contribution in [2.75, 3.05) is 5.32 Å². The lowest BCUT2D eigenvalue weighted by Crippen LogP contribution is -2.13. The summed E-state index contributed by atoms with van der Waals surface area (Å²) >= 11 is 11.9. The van der Waals surface area contributed by atoms with Crippen LogP contribution in [0.1, 0.15) is 27.2 Å². The Kier molecular flexibility index (Phi) is 4.84. The van der Waals surface area contributed by atoms with E-state index in [-0.39, 0.29) is 5.91 Å². The highest BCUT2D eigenvalue weighted by molar-refractivity contribution is 6.42. The molecule has 1 aromatic heterocycles. The molecule has 2 N–H and O–H groups in total. The number of halogens is 2. The van der Waals surface area contributed by atoms with E-state index in [4.69, 9.17) is 23.2 Å². The van der Waals surface area contributed by atoms with Crippen LogP contribution in [0.2, 0.25) is 10.0 Å². The van der Waals surface area contributed by atoms with Gasteiger partial charge in [0.25, 0.3) is 5.91 Å². The van der Waals surface area contributed by atoms with E-state index in [0.717, 1.165) is 16.8 Å². The van der Waals surface area contributed by atoms with E-state index >= 15 is 0 Å². The fourth-order valence-corrected chi connectivity index (χ4v) is 2.98. The molecule has 0 fully saturated rings. The van der Waals surface area contributed by atoms with Gasteiger partial charge in [-0.15, -0.1) is 0 Å². The molecular weight excluding hydrogens is 357 g/mol. The molecule has 1 amide bonds. The van der Waals surface area contributed by atoms with Gasteiger partial charge in [0.2, 0.25) is 0 Å². The SMILES string of the molecule is Cc1ccc(-c2n[nH]c(C)c2NC(=O)c2ccc(Cl)c(Cl)c2)c(C)c1. The van der Waals surface area contributed by atoms with Crippen LogP contribution in [-0.4, -0.2) is 16.1 Å². The molecule has 0 aliphatic heterocycles. The molecule has 2 aromatic carbocycles. The third-order valence-corrected chi connectivity index (χ3v) is 4.74. The topological polar surface area (TPSA) is 57.8 Å². The summed E-state index contributed by atoms with van der Waals surface area (Å²) in [6.45, 7) is 5.93. The van der Waals surface area contributed by atoms with Crippen LogP contribution in [0.4, 0.5) is 5.69 Å². The van der Waals surface area contributed by atoms with E-state index in [0.29, 0.717) is 27.0 Å². The lowest BCUT2D eigenvalue weighted by molar-refractivity contribution is 0.102. The van der Waals surface area contributed by atoms with Crippen molar-refractivity contribution in [3.63, 3.8) is 0 Å². The van der Waals surface area contributed by atoms with Gasteiger partial charge < -0.3 is 5.32 Å². The van der Waals surface area contributed by atoms with Gasteiger partial charge in [-0.05, 0) is 44.5 Å². The standard InChI is InChI=1S/C19H17Cl2N3O/c1-10-4-6-14(11(2)8-10)18-17(12(3)23-24-18)22-19(25)13-5-7-15(20)16(21)9-13/h4-9H,1-3H3,(H,22,25)(H,23,24). The molecule has 3 aromatic rings. The summed E-state index contributed by atoms with van der Waals surface area (Å²) in [4.78, 5) is 12.6. The zero-order valence-electron chi connectivity index (χ0n) is 14.1. The Labute approximate surface area is 156 Å². The van der Waals surface area contributed by atoms with Crippen LogP contribution in [0.15, 0.2) is 36.4 Å². The highest BCUT2D eigenvalue weighted by Crippen LogP contribution is 2.32. The summed E-state index contributed by atoms with van der Waals surface area (Å²) in [7, 11) is 0. The molecule has 0 radical (unpaired) electrons. The van der Waals surface area contributed by atoms with E-state index in [9.17, 15) is 4.79 Å². The molecule has 25 heavy (non-hydrogen) atoms. The lowest BCUT2D eigenvalue weighted by Gasteiger charge is -2.10. The predicted molar refractivity (Wildman–Crippen MR) is 103 cm³/mol. The first kappa shape index (κ1) is 17.5. The molecule has 0 atom stereocenters. The van der Waals surface area contributed by atoms with Gasteiger partial charge in [-0.2, -0.15) is 5.10 Å². The third-order valence-electron chi connectivity index (χ3n) is 4.00. The zero-order chi connectivity index (χ0) is 18.1. The number of nitrogens with one attached hydrogen (secondary N) is 2. The first-order chi connectivity index (χ1) is 11.9. The minimum atomic E-state index is -0.269. The van der Waals surface area contributed by atoms with Gasteiger partial charge in [0.05, 0.1) is 21.4 Å². The van der Waals surface area contributed by atoms with Crippen molar-refractivity contribution in [2.45, 2.75) is 20.8 Å². The number of nitrogens with zero attached hydrogens (tertiary/aromatic N) is 1. The molecule has 0 unspecified atom stereocenters. The number of hydrogen-bond acceptors (Lipinski definition) is 2. The second kappa shape index (κ2) is 6.90. The van der Waals surface area contributed by atoms with Crippen LogP contribution in [-0.2, 0) is 0 Å². The molecular formula is C19H17Cl2N3O. The molecule has 0 spiro atoms. The van der Waals surface area contributed by atoms with Crippen molar-refractivity contribution >= 4 is 34.8 Å². The van der Waals surface area contributed by atoms with Crippen LogP contribution in [0.3, 0.4) is 0 Å². The number of aromatic amines is 1. The number of carbonyl (C=O) groups is 1.